The zero-order valence-electron chi connectivity index (χ0n) is 20.4. The van der Waals surface area contributed by atoms with Crippen LogP contribution < -0.4 is 13.7 Å². The van der Waals surface area contributed by atoms with Crippen molar-refractivity contribution in [3.63, 3.8) is 0 Å². The highest BCUT2D eigenvalue weighted by Gasteiger charge is 2.35. The standard InChI is InChI=1S/C25H18BrClN2O9S2/c1-36-21-13-15(12-20(26)23(21)38-40(34,35)19-8-4-17(5-9-19)29(32)33)14-22-24(30)28(25(31)39-22)10-11-37-18-6-2-16(27)3-7-18/h2-9,12-14H,10-11H2,1H3/b22-14-. The minimum absolute atomic E-state index is 0.0155. The van der Waals surface area contributed by atoms with Gasteiger partial charge in [0.2, 0.25) is 0 Å². The topological polar surface area (TPSA) is 142 Å². The molecule has 3 aromatic rings. The molecule has 0 unspecified atom stereocenters. The summed E-state index contributed by atoms with van der Waals surface area (Å²) in [7, 11) is -3.08. The lowest BCUT2D eigenvalue weighted by molar-refractivity contribution is -0.384. The van der Waals surface area contributed by atoms with Crippen LogP contribution in [0.5, 0.6) is 17.2 Å². The van der Waals surface area contributed by atoms with Gasteiger partial charge in [-0.15, -0.1) is 0 Å². The summed E-state index contributed by atoms with van der Waals surface area (Å²) in [6.07, 6.45) is 1.47. The van der Waals surface area contributed by atoms with Crippen molar-refractivity contribution in [2.24, 2.45) is 0 Å². The van der Waals surface area contributed by atoms with Gasteiger partial charge in [0.1, 0.15) is 17.3 Å². The molecule has 1 heterocycles. The number of ether oxygens (including phenoxy) is 2. The van der Waals surface area contributed by atoms with Gasteiger partial charge in [0, 0.05) is 17.2 Å². The van der Waals surface area contributed by atoms with E-state index < -0.39 is 26.2 Å². The number of carbonyl (C=O) groups excluding carboxylic acids is 2. The molecule has 0 radical (unpaired) electrons. The fourth-order valence-electron chi connectivity index (χ4n) is 3.43. The third-order valence-electron chi connectivity index (χ3n) is 5.35. The average molecular weight is 670 g/mol. The molecule has 0 spiro atoms. The number of hydrogen-bond acceptors (Lipinski definition) is 10. The maximum absolute atomic E-state index is 12.9. The summed E-state index contributed by atoms with van der Waals surface area (Å²) in [6.45, 7) is 0.118. The monoisotopic (exact) mass is 668 g/mol. The first-order chi connectivity index (χ1) is 19.0. The Morgan fingerprint density at radius 2 is 1.77 bits per heavy atom. The quantitative estimate of drug-likeness (QED) is 0.111. The van der Waals surface area contributed by atoms with Crippen LogP contribution in [0.3, 0.4) is 0 Å². The molecule has 0 aliphatic carbocycles. The van der Waals surface area contributed by atoms with Crippen molar-refractivity contribution in [2.75, 3.05) is 20.3 Å². The molecule has 4 rings (SSSR count). The van der Waals surface area contributed by atoms with E-state index in [1.807, 2.05) is 0 Å². The van der Waals surface area contributed by atoms with E-state index in [0.29, 0.717) is 16.3 Å². The largest absolute Gasteiger partial charge is 0.493 e. The Morgan fingerprint density at radius 1 is 1.10 bits per heavy atom. The van der Waals surface area contributed by atoms with Crippen LogP contribution in [0.4, 0.5) is 10.5 Å². The smallest absolute Gasteiger partial charge is 0.339 e. The number of benzene rings is 3. The molecular weight excluding hydrogens is 652 g/mol. The van der Waals surface area contributed by atoms with E-state index in [1.165, 1.54) is 25.3 Å². The highest BCUT2D eigenvalue weighted by Crippen LogP contribution is 2.40. The number of nitro groups is 1. The number of halogens is 2. The van der Waals surface area contributed by atoms with Crippen LogP contribution in [0.15, 0.2) is 74.9 Å². The summed E-state index contributed by atoms with van der Waals surface area (Å²) >= 11 is 9.86. The van der Waals surface area contributed by atoms with Crippen LogP contribution >= 0.6 is 39.3 Å². The number of methoxy groups -OCH3 is 1. The van der Waals surface area contributed by atoms with E-state index in [4.69, 9.17) is 25.3 Å². The molecule has 3 aromatic carbocycles. The lowest BCUT2D eigenvalue weighted by Crippen LogP contribution is -2.32. The molecular formula is C25H18BrClN2O9S2. The number of non-ortho nitro benzene ring substituents is 1. The molecule has 1 fully saturated rings. The summed E-state index contributed by atoms with van der Waals surface area (Å²) in [4.78, 5) is 36.4. The van der Waals surface area contributed by atoms with Gasteiger partial charge in [-0.3, -0.25) is 24.6 Å². The van der Waals surface area contributed by atoms with Gasteiger partial charge in [-0.2, -0.15) is 8.42 Å². The molecule has 0 saturated carbocycles. The molecule has 0 bridgehead atoms. The van der Waals surface area contributed by atoms with Gasteiger partial charge in [-0.1, -0.05) is 11.6 Å². The molecule has 0 N–H and O–H groups in total. The summed E-state index contributed by atoms with van der Waals surface area (Å²) in [5.41, 5.74) is 0.146. The summed E-state index contributed by atoms with van der Waals surface area (Å²) in [6, 6.07) is 13.8. The first-order valence-corrected chi connectivity index (χ1v) is 14.6. The molecule has 15 heteroatoms. The number of thioether (sulfide) groups is 1. The van der Waals surface area contributed by atoms with Crippen LogP contribution in [0.1, 0.15) is 5.56 Å². The highest BCUT2D eigenvalue weighted by atomic mass is 79.9. The molecule has 1 aliphatic heterocycles. The summed E-state index contributed by atoms with van der Waals surface area (Å²) in [5.74, 6) is -0.125. The predicted octanol–water partition coefficient (Wildman–Crippen LogP) is 5.90. The molecule has 208 valence electrons. The Hall–Kier alpha value is -3.59. The molecule has 11 nitrogen and oxygen atoms in total. The van der Waals surface area contributed by atoms with E-state index >= 15 is 0 Å². The lowest BCUT2D eigenvalue weighted by Gasteiger charge is -2.14. The van der Waals surface area contributed by atoms with Crippen LogP contribution in [-0.4, -0.2) is 49.6 Å². The zero-order chi connectivity index (χ0) is 29.0. The molecule has 40 heavy (non-hydrogen) atoms. The Labute approximate surface area is 246 Å². The molecule has 1 aliphatic rings. The lowest BCUT2D eigenvalue weighted by atomic mass is 10.2. The van der Waals surface area contributed by atoms with Crippen LogP contribution in [-0.2, 0) is 14.9 Å². The van der Waals surface area contributed by atoms with Crippen molar-refractivity contribution < 1.29 is 36.6 Å². The number of nitro benzene ring substituents is 1. The van der Waals surface area contributed by atoms with E-state index in [0.717, 1.165) is 40.9 Å². The van der Waals surface area contributed by atoms with Gasteiger partial charge in [0.05, 0.1) is 28.0 Å². The SMILES string of the molecule is COc1cc(/C=C2\SC(=O)N(CCOc3ccc(Cl)cc3)C2=O)cc(Br)c1OS(=O)(=O)c1ccc([N+](=O)[O-])cc1. The minimum atomic E-state index is -4.38. The fraction of sp³-hybridized carbons (Fsp3) is 0.120. The Morgan fingerprint density at radius 3 is 2.40 bits per heavy atom. The number of hydrogen-bond donors (Lipinski definition) is 0. The van der Waals surface area contributed by atoms with Crippen molar-refractivity contribution in [1.82, 2.24) is 4.90 Å². The molecule has 0 aromatic heterocycles. The third kappa shape index (κ3) is 6.75. The fourth-order valence-corrected chi connectivity index (χ4v) is 6.02. The molecule has 1 saturated heterocycles. The van der Waals surface area contributed by atoms with E-state index in [2.05, 4.69) is 15.9 Å². The first-order valence-electron chi connectivity index (χ1n) is 11.2. The van der Waals surface area contributed by atoms with Gasteiger partial charge < -0.3 is 13.7 Å². The highest BCUT2D eigenvalue weighted by molar-refractivity contribution is 9.10. The normalized spacial score (nSPS) is 14.5. The summed E-state index contributed by atoms with van der Waals surface area (Å²) in [5, 5.41) is 10.9. The van der Waals surface area contributed by atoms with Gasteiger partial charge in [-0.25, -0.2) is 0 Å². The van der Waals surface area contributed by atoms with Crippen molar-refractivity contribution in [1.29, 1.82) is 0 Å². The van der Waals surface area contributed by atoms with Crippen molar-refractivity contribution in [3.8, 4) is 17.2 Å². The number of nitrogens with zero attached hydrogens (tertiary/aromatic N) is 2. The van der Waals surface area contributed by atoms with E-state index in [-0.39, 0.29) is 44.6 Å². The van der Waals surface area contributed by atoms with E-state index in [1.54, 1.807) is 24.3 Å². The van der Waals surface area contributed by atoms with Gasteiger partial charge >= 0.3 is 10.1 Å². The van der Waals surface area contributed by atoms with E-state index in [9.17, 15) is 28.1 Å². The second-order valence-electron chi connectivity index (χ2n) is 7.96. The molecule has 2 amide bonds. The van der Waals surface area contributed by atoms with Crippen molar-refractivity contribution in [2.45, 2.75) is 4.90 Å². The van der Waals surface area contributed by atoms with Crippen molar-refractivity contribution in [3.05, 3.63) is 90.7 Å². The Bertz CT molecular complexity index is 1610. The minimum Gasteiger partial charge on any atom is -0.493 e. The maximum Gasteiger partial charge on any atom is 0.339 e. The third-order valence-corrected chi connectivity index (χ3v) is 8.33. The second kappa shape index (κ2) is 12.3. The second-order valence-corrected chi connectivity index (χ2v) is 11.8. The van der Waals surface area contributed by atoms with Crippen LogP contribution in [0.2, 0.25) is 5.02 Å². The van der Waals surface area contributed by atoms with Crippen LogP contribution in [0, 0.1) is 10.1 Å². The van der Waals surface area contributed by atoms with Crippen LogP contribution in [0.25, 0.3) is 6.08 Å². The van der Waals surface area contributed by atoms with Crippen molar-refractivity contribution >= 4 is 72.3 Å². The zero-order valence-corrected chi connectivity index (χ0v) is 24.4. The first kappa shape index (κ1) is 29.4. The van der Waals surface area contributed by atoms with Gasteiger partial charge in [0.25, 0.3) is 16.8 Å². The number of imide groups is 1. The van der Waals surface area contributed by atoms with Gasteiger partial charge in [-0.05, 0) is 87.9 Å². The average Bonchev–Trinajstić information content (AvgIpc) is 3.18. The number of amides is 2. The maximum atomic E-state index is 12.9. The Kier molecular flexibility index (Phi) is 9.03. The summed E-state index contributed by atoms with van der Waals surface area (Å²) < 4.78 is 41.9. The molecule has 0 atom stereocenters. The van der Waals surface area contributed by atoms with Gasteiger partial charge in [0.15, 0.2) is 11.5 Å². The number of rotatable bonds is 10. The Balaban J connectivity index is 1.49. The number of carbonyl (C=O) groups is 2. The predicted molar refractivity (Wildman–Crippen MR) is 151 cm³/mol.